The molecule has 5 rings (SSSR count). The molecule has 1 amide bonds. The van der Waals surface area contributed by atoms with Crippen LogP contribution in [0.3, 0.4) is 0 Å². The number of aryl methyl sites for hydroxylation is 2. The molecule has 8 heteroatoms. The number of hydrogen-bond acceptors (Lipinski definition) is 7. The quantitative estimate of drug-likeness (QED) is 0.368. The number of carbonyl (C=O) groups is 3. The van der Waals surface area contributed by atoms with Crippen LogP contribution in [0.25, 0.3) is 11.1 Å². The number of Topliss-reactive ketones (excluding diaryl/α,β-unsaturated/α-hetero) is 2. The zero-order valence-electron chi connectivity index (χ0n) is 23.9. The van der Waals surface area contributed by atoms with E-state index in [1.54, 1.807) is 13.0 Å². The first-order valence-electron chi connectivity index (χ1n) is 13.9. The lowest BCUT2D eigenvalue weighted by atomic mass is 9.39. The third kappa shape index (κ3) is 3.58. The SMILES string of the molecule is Cc1cc(C)cc(-c2ccc(O)c3c2C[C@]2(C)C[C@]4(C)[C@@H](C(C)C)C(O)[C@@H](C(N)=O)C(=O)[C@]4(O)C(O)[C@H]2C3=O)c1. The van der Waals surface area contributed by atoms with E-state index in [0.717, 1.165) is 22.3 Å². The van der Waals surface area contributed by atoms with Crippen molar-refractivity contribution >= 4 is 17.5 Å². The monoisotopic (exact) mass is 549 g/mol. The van der Waals surface area contributed by atoms with Crippen LogP contribution in [0.15, 0.2) is 30.3 Å². The molecule has 0 aliphatic heterocycles. The molecule has 2 aromatic carbocycles. The summed E-state index contributed by atoms with van der Waals surface area (Å²) in [5.41, 5.74) is 5.19. The van der Waals surface area contributed by atoms with Gasteiger partial charge < -0.3 is 26.2 Å². The Kier molecular flexibility index (Phi) is 6.38. The second-order valence-electron chi connectivity index (χ2n) is 13.3. The number of phenolic OH excluding ortho intramolecular Hbond substituents is 1. The largest absolute Gasteiger partial charge is 0.507 e. The van der Waals surface area contributed by atoms with E-state index in [2.05, 4.69) is 6.07 Å². The highest BCUT2D eigenvalue weighted by Crippen LogP contribution is 2.66. The highest BCUT2D eigenvalue weighted by molar-refractivity contribution is 6.09. The van der Waals surface area contributed by atoms with Crippen LogP contribution in [-0.4, -0.2) is 55.7 Å². The van der Waals surface area contributed by atoms with Gasteiger partial charge in [0.2, 0.25) is 5.91 Å². The number of aliphatic hydroxyl groups is 3. The summed E-state index contributed by atoms with van der Waals surface area (Å²) in [6, 6.07) is 9.33. The molecule has 2 unspecified atom stereocenters. The van der Waals surface area contributed by atoms with Gasteiger partial charge in [-0.3, -0.25) is 14.4 Å². The normalized spacial score (nSPS) is 37.1. The van der Waals surface area contributed by atoms with Gasteiger partial charge in [0.25, 0.3) is 0 Å². The topological polar surface area (TPSA) is 158 Å². The summed E-state index contributed by atoms with van der Waals surface area (Å²) in [4.78, 5) is 40.4. The second-order valence-corrected chi connectivity index (χ2v) is 13.3. The van der Waals surface area contributed by atoms with Crippen LogP contribution in [0, 0.1) is 48.3 Å². The number of carbonyl (C=O) groups excluding carboxylic acids is 3. The minimum Gasteiger partial charge on any atom is -0.507 e. The summed E-state index contributed by atoms with van der Waals surface area (Å²) < 4.78 is 0. The Bertz CT molecular complexity index is 1430. The van der Waals surface area contributed by atoms with E-state index in [0.29, 0.717) is 5.56 Å². The lowest BCUT2D eigenvalue weighted by Gasteiger charge is -2.66. The fourth-order valence-electron chi connectivity index (χ4n) is 8.93. The summed E-state index contributed by atoms with van der Waals surface area (Å²) in [6.07, 6.45) is -2.94. The lowest BCUT2D eigenvalue weighted by Crippen LogP contribution is -2.79. The molecule has 8 nitrogen and oxygen atoms in total. The van der Waals surface area contributed by atoms with Crippen molar-refractivity contribution in [3.8, 4) is 16.9 Å². The van der Waals surface area contributed by atoms with Crippen molar-refractivity contribution in [3.63, 3.8) is 0 Å². The van der Waals surface area contributed by atoms with E-state index in [4.69, 9.17) is 5.73 Å². The van der Waals surface area contributed by atoms with Crippen molar-refractivity contribution in [2.75, 3.05) is 0 Å². The van der Waals surface area contributed by atoms with Gasteiger partial charge >= 0.3 is 0 Å². The maximum absolute atomic E-state index is 14.2. The molecule has 0 radical (unpaired) electrons. The Hall–Kier alpha value is -3.07. The van der Waals surface area contributed by atoms with Crippen LogP contribution in [0.5, 0.6) is 5.75 Å². The highest BCUT2D eigenvalue weighted by atomic mass is 16.4. The minimum absolute atomic E-state index is 0.0699. The van der Waals surface area contributed by atoms with Gasteiger partial charge in [-0.25, -0.2) is 0 Å². The number of nitrogens with two attached hydrogens (primary N) is 1. The van der Waals surface area contributed by atoms with Gasteiger partial charge in [-0.05, 0) is 66.7 Å². The zero-order valence-corrected chi connectivity index (χ0v) is 23.9. The van der Waals surface area contributed by atoms with Crippen molar-refractivity contribution in [2.24, 2.45) is 40.2 Å². The number of ketones is 2. The summed E-state index contributed by atoms with van der Waals surface area (Å²) in [6.45, 7) is 11.1. The molecular weight excluding hydrogens is 510 g/mol. The van der Waals surface area contributed by atoms with Crippen molar-refractivity contribution in [2.45, 2.75) is 72.2 Å². The van der Waals surface area contributed by atoms with Crippen LogP contribution in [0.2, 0.25) is 0 Å². The van der Waals surface area contributed by atoms with Gasteiger partial charge in [-0.1, -0.05) is 63.1 Å². The van der Waals surface area contributed by atoms with E-state index >= 15 is 0 Å². The second kappa shape index (κ2) is 8.96. The fourth-order valence-corrected chi connectivity index (χ4v) is 8.93. The van der Waals surface area contributed by atoms with Gasteiger partial charge in [0.05, 0.1) is 17.6 Å². The predicted octanol–water partition coefficient (Wildman–Crippen LogP) is 2.86. The first kappa shape index (κ1) is 28.5. The number of phenols is 1. The number of benzene rings is 2. The highest BCUT2D eigenvalue weighted by Gasteiger charge is 2.75. The zero-order chi connectivity index (χ0) is 29.7. The third-order valence-corrected chi connectivity index (χ3v) is 10.2. The smallest absolute Gasteiger partial charge is 0.230 e. The van der Waals surface area contributed by atoms with E-state index in [9.17, 15) is 34.8 Å². The Morgan fingerprint density at radius 1 is 1.05 bits per heavy atom. The van der Waals surface area contributed by atoms with Crippen LogP contribution in [0.4, 0.5) is 0 Å². The van der Waals surface area contributed by atoms with Crippen LogP contribution in [-0.2, 0) is 16.0 Å². The molecule has 3 aliphatic rings. The Morgan fingerprint density at radius 2 is 1.65 bits per heavy atom. The molecule has 0 spiro atoms. The van der Waals surface area contributed by atoms with Crippen molar-refractivity contribution in [1.82, 2.24) is 0 Å². The standard InChI is InChI=1S/C32H39NO7/c1-14(2)23-26(36)22(29(33)39)27(37)32(40)28(38)24-25(35)21-19(12-30(24,5)13-31(23,32)6)18(7-8-20(21)34)17-10-15(3)9-16(4)11-17/h7-11,14,22-24,26,28,34,36,38,40H,12-13H2,1-6H3,(H2,33,39)/t22-,23+,24-,26?,28?,30-,31-,32+/m1/s1. The van der Waals surface area contributed by atoms with E-state index in [-0.39, 0.29) is 30.1 Å². The summed E-state index contributed by atoms with van der Waals surface area (Å²) >= 11 is 0. The van der Waals surface area contributed by atoms with Crippen molar-refractivity contribution < 1.29 is 34.8 Å². The summed E-state index contributed by atoms with van der Waals surface area (Å²) in [5.74, 6) is -6.98. The molecule has 214 valence electrons. The Labute approximate surface area is 234 Å². The first-order valence-corrected chi connectivity index (χ1v) is 13.9. The number of amides is 1. The van der Waals surface area contributed by atoms with Crippen LogP contribution in [0.1, 0.15) is 61.2 Å². The minimum atomic E-state index is -2.51. The molecule has 6 N–H and O–H groups in total. The Balaban J connectivity index is 1.74. The first-order chi connectivity index (χ1) is 18.5. The number of hydrogen-bond donors (Lipinski definition) is 5. The number of primary amides is 1. The molecule has 8 atom stereocenters. The molecule has 0 saturated heterocycles. The van der Waals surface area contributed by atoms with Crippen LogP contribution < -0.4 is 5.73 Å². The lowest BCUT2D eigenvalue weighted by molar-refractivity contribution is -0.265. The van der Waals surface area contributed by atoms with Crippen LogP contribution >= 0.6 is 0 Å². The van der Waals surface area contributed by atoms with Crippen molar-refractivity contribution in [3.05, 3.63) is 52.6 Å². The van der Waals surface area contributed by atoms with Gasteiger partial charge in [-0.15, -0.1) is 0 Å². The fraction of sp³-hybridized carbons (Fsp3) is 0.531. The molecule has 2 aromatic rings. The van der Waals surface area contributed by atoms with E-state index in [1.807, 2.05) is 46.8 Å². The molecule has 2 fully saturated rings. The maximum atomic E-state index is 14.2. The molecule has 0 aromatic heterocycles. The average Bonchev–Trinajstić information content (AvgIpc) is 2.80. The van der Waals surface area contributed by atoms with Gasteiger partial charge in [0.1, 0.15) is 17.8 Å². The predicted molar refractivity (Wildman–Crippen MR) is 148 cm³/mol. The number of aromatic hydroxyl groups is 1. The molecule has 0 bridgehead atoms. The Morgan fingerprint density at radius 3 is 2.20 bits per heavy atom. The average molecular weight is 550 g/mol. The van der Waals surface area contributed by atoms with Gasteiger partial charge in [-0.2, -0.15) is 0 Å². The molecular formula is C32H39NO7. The number of aliphatic hydroxyl groups excluding tert-OH is 2. The van der Waals surface area contributed by atoms with Gasteiger partial charge in [0.15, 0.2) is 17.2 Å². The summed E-state index contributed by atoms with van der Waals surface area (Å²) in [7, 11) is 0. The summed E-state index contributed by atoms with van der Waals surface area (Å²) in [5, 5.41) is 46.3. The van der Waals surface area contributed by atoms with E-state index in [1.165, 1.54) is 6.07 Å². The molecule has 0 heterocycles. The number of fused-ring (bicyclic) bond motifs is 3. The van der Waals surface area contributed by atoms with E-state index < -0.39 is 63.9 Å². The maximum Gasteiger partial charge on any atom is 0.230 e. The van der Waals surface area contributed by atoms with Gasteiger partial charge in [0, 0.05) is 5.41 Å². The van der Waals surface area contributed by atoms with Crippen molar-refractivity contribution in [1.29, 1.82) is 0 Å². The third-order valence-electron chi connectivity index (χ3n) is 10.2. The number of rotatable bonds is 3. The molecule has 3 aliphatic carbocycles. The molecule has 2 saturated carbocycles. The molecule has 40 heavy (non-hydrogen) atoms.